The molecule has 2 aromatic carbocycles. The smallest absolute Gasteiger partial charge is 0.225 e. The standard InChI is InChI=1S/C18H19Cl2NO2S/c1-2-23-15-6-4-14(5-7-15)21-18(22)9-10-24-12-13-3-8-16(19)17(20)11-13/h3-8,11H,2,9-10,12H2,1H3,(H,21,22). The van der Waals surface area contributed by atoms with Crippen molar-refractivity contribution in [3.05, 3.63) is 58.1 Å². The molecule has 0 fully saturated rings. The van der Waals surface area contributed by atoms with Crippen LogP contribution in [0.2, 0.25) is 10.0 Å². The normalized spacial score (nSPS) is 10.5. The lowest BCUT2D eigenvalue weighted by atomic mass is 10.2. The average Bonchev–Trinajstić information content (AvgIpc) is 2.57. The summed E-state index contributed by atoms with van der Waals surface area (Å²) in [5.74, 6) is 2.34. The molecule has 1 N–H and O–H groups in total. The number of rotatable bonds is 8. The summed E-state index contributed by atoms with van der Waals surface area (Å²) < 4.78 is 5.37. The highest BCUT2D eigenvalue weighted by molar-refractivity contribution is 7.98. The molecule has 0 atom stereocenters. The van der Waals surface area contributed by atoms with E-state index in [2.05, 4.69) is 5.32 Å². The lowest BCUT2D eigenvalue weighted by Crippen LogP contribution is -2.12. The molecule has 0 spiro atoms. The molecule has 24 heavy (non-hydrogen) atoms. The maximum absolute atomic E-state index is 11.9. The second-order valence-corrected chi connectivity index (χ2v) is 6.98. The minimum absolute atomic E-state index is 0.000739. The molecule has 2 rings (SSSR count). The average molecular weight is 384 g/mol. The third-order valence-electron chi connectivity index (χ3n) is 3.18. The first-order valence-corrected chi connectivity index (χ1v) is 9.54. The van der Waals surface area contributed by atoms with Gasteiger partial charge in [0.2, 0.25) is 5.91 Å². The van der Waals surface area contributed by atoms with Crippen molar-refractivity contribution in [3.63, 3.8) is 0 Å². The van der Waals surface area contributed by atoms with Crippen LogP contribution in [-0.4, -0.2) is 18.3 Å². The largest absolute Gasteiger partial charge is 0.494 e. The second-order valence-electron chi connectivity index (χ2n) is 5.06. The first-order chi connectivity index (χ1) is 11.6. The van der Waals surface area contributed by atoms with Crippen molar-refractivity contribution in [2.24, 2.45) is 0 Å². The third-order valence-corrected chi connectivity index (χ3v) is 4.94. The van der Waals surface area contributed by atoms with Crippen molar-refractivity contribution in [1.29, 1.82) is 0 Å². The van der Waals surface area contributed by atoms with Gasteiger partial charge in [0.25, 0.3) is 0 Å². The number of hydrogen-bond acceptors (Lipinski definition) is 3. The number of carbonyl (C=O) groups excluding carboxylic acids is 1. The van der Waals surface area contributed by atoms with Crippen molar-refractivity contribution < 1.29 is 9.53 Å². The highest BCUT2D eigenvalue weighted by Crippen LogP contribution is 2.25. The first kappa shape index (κ1) is 19.0. The van der Waals surface area contributed by atoms with Crippen LogP contribution >= 0.6 is 35.0 Å². The number of hydrogen-bond donors (Lipinski definition) is 1. The molecular formula is C18H19Cl2NO2S. The number of anilines is 1. The van der Waals surface area contributed by atoms with E-state index in [0.717, 1.165) is 28.5 Å². The van der Waals surface area contributed by atoms with E-state index in [1.165, 1.54) is 0 Å². The summed E-state index contributed by atoms with van der Waals surface area (Å²) in [5.41, 5.74) is 1.87. The van der Waals surface area contributed by atoms with Gasteiger partial charge in [-0.2, -0.15) is 11.8 Å². The fourth-order valence-electron chi connectivity index (χ4n) is 2.01. The molecule has 0 radical (unpaired) electrons. The van der Waals surface area contributed by atoms with E-state index in [1.54, 1.807) is 17.8 Å². The van der Waals surface area contributed by atoms with Gasteiger partial charge < -0.3 is 10.1 Å². The van der Waals surface area contributed by atoms with Crippen molar-refractivity contribution in [2.75, 3.05) is 17.7 Å². The molecule has 0 aliphatic rings. The zero-order valence-corrected chi connectivity index (χ0v) is 15.7. The quantitative estimate of drug-likeness (QED) is 0.598. The van der Waals surface area contributed by atoms with Crippen LogP contribution in [0.5, 0.6) is 5.75 Å². The Labute approximate surface area is 156 Å². The molecule has 0 unspecified atom stereocenters. The molecular weight excluding hydrogens is 365 g/mol. The number of carbonyl (C=O) groups is 1. The zero-order chi connectivity index (χ0) is 17.4. The Bertz CT molecular complexity index is 677. The van der Waals surface area contributed by atoms with Gasteiger partial charge in [-0.05, 0) is 48.9 Å². The lowest BCUT2D eigenvalue weighted by Gasteiger charge is -2.07. The summed E-state index contributed by atoms with van der Waals surface area (Å²) in [4.78, 5) is 11.9. The van der Waals surface area contributed by atoms with Gasteiger partial charge in [0.05, 0.1) is 16.7 Å². The van der Waals surface area contributed by atoms with Crippen molar-refractivity contribution in [1.82, 2.24) is 0 Å². The van der Waals surface area contributed by atoms with E-state index in [1.807, 2.05) is 43.3 Å². The van der Waals surface area contributed by atoms with E-state index >= 15 is 0 Å². The summed E-state index contributed by atoms with van der Waals surface area (Å²) in [6, 6.07) is 13.0. The predicted octanol–water partition coefficient (Wildman–Crippen LogP) is 5.65. The van der Waals surface area contributed by atoms with Crippen molar-refractivity contribution in [3.8, 4) is 5.75 Å². The van der Waals surface area contributed by atoms with Gasteiger partial charge in [-0.3, -0.25) is 4.79 Å². The number of nitrogens with one attached hydrogen (secondary N) is 1. The van der Waals surface area contributed by atoms with Gasteiger partial charge in [-0.1, -0.05) is 29.3 Å². The molecule has 0 bridgehead atoms. The van der Waals surface area contributed by atoms with Gasteiger partial charge in [-0.15, -0.1) is 0 Å². The fraction of sp³-hybridized carbons (Fsp3) is 0.278. The summed E-state index contributed by atoms with van der Waals surface area (Å²) in [6.07, 6.45) is 0.458. The van der Waals surface area contributed by atoms with Gasteiger partial charge in [-0.25, -0.2) is 0 Å². The molecule has 0 aromatic heterocycles. The lowest BCUT2D eigenvalue weighted by molar-refractivity contribution is -0.115. The van der Waals surface area contributed by atoms with E-state index in [0.29, 0.717) is 23.1 Å². The summed E-state index contributed by atoms with van der Waals surface area (Å²) in [6.45, 7) is 2.56. The SMILES string of the molecule is CCOc1ccc(NC(=O)CCSCc2ccc(Cl)c(Cl)c2)cc1. The van der Waals surface area contributed by atoms with E-state index in [9.17, 15) is 4.79 Å². The van der Waals surface area contributed by atoms with Gasteiger partial charge in [0.1, 0.15) is 5.75 Å². The Kier molecular flexibility index (Phi) is 7.76. The molecule has 1 amide bonds. The van der Waals surface area contributed by atoms with Crippen LogP contribution in [-0.2, 0) is 10.5 Å². The number of ether oxygens (including phenoxy) is 1. The zero-order valence-electron chi connectivity index (χ0n) is 13.4. The van der Waals surface area contributed by atoms with Crippen LogP contribution in [0.25, 0.3) is 0 Å². The second kappa shape index (κ2) is 9.82. The van der Waals surface area contributed by atoms with Gasteiger partial charge >= 0.3 is 0 Å². The molecule has 0 aliphatic carbocycles. The number of amides is 1. The van der Waals surface area contributed by atoms with Crippen molar-refractivity contribution in [2.45, 2.75) is 19.1 Å². The number of benzene rings is 2. The Morgan fingerprint density at radius 2 is 1.88 bits per heavy atom. The molecule has 0 aliphatic heterocycles. The fourth-order valence-corrected chi connectivity index (χ4v) is 3.22. The van der Waals surface area contributed by atoms with Crippen LogP contribution in [0.15, 0.2) is 42.5 Å². The molecule has 0 heterocycles. The summed E-state index contributed by atoms with van der Waals surface area (Å²) >= 11 is 13.6. The first-order valence-electron chi connectivity index (χ1n) is 7.63. The number of halogens is 2. The Balaban J connectivity index is 1.70. The highest BCUT2D eigenvalue weighted by Gasteiger charge is 2.04. The van der Waals surface area contributed by atoms with Crippen LogP contribution in [0.3, 0.4) is 0 Å². The highest BCUT2D eigenvalue weighted by atomic mass is 35.5. The van der Waals surface area contributed by atoms with Gasteiger partial charge in [0.15, 0.2) is 0 Å². The van der Waals surface area contributed by atoms with Gasteiger partial charge in [0, 0.05) is 23.6 Å². The van der Waals surface area contributed by atoms with Crippen molar-refractivity contribution >= 4 is 46.6 Å². The minimum atomic E-state index is 0.000739. The number of thioether (sulfide) groups is 1. The molecule has 2 aromatic rings. The van der Waals surface area contributed by atoms with Crippen LogP contribution < -0.4 is 10.1 Å². The maximum Gasteiger partial charge on any atom is 0.225 e. The Hall–Kier alpha value is -1.36. The van der Waals surface area contributed by atoms with E-state index in [-0.39, 0.29) is 5.91 Å². The van der Waals surface area contributed by atoms with E-state index < -0.39 is 0 Å². The monoisotopic (exact) mass is 383 g/mol. The molecule has 0 saturated heterocycles. The Morgan fingerprint density at radius 1 is 1.12 bits per heavy atom. The van der Waals surface area contributed by atoms with Crippen LogP contribution in [0.4, 0.5) is 5.69 Å². The predicted molar refractivity (Wildman–Crippen MR) is 103 cm³/mol. The molecule has 128 valence electrons. The molecule has 3 nitrogen and oxygen atoms in total. The minimum Gasteiger partial charge on any atom is -0.494 e. The molecule has 6 heteroatoms. The molecule has 0 saturated carbocycles. The topological polar surface area (TPSA) is 38.3 Å². The van der Waals surface area contributed by atoms with Crippen LogP contribution in [0.1, 0.15) is 18.9 Å². The Morgan fingerprint density at radius 3 is 2.54 bits per heavy atom. The summed E-state index contributed by atoms with van der Waals surface area (Å²) in [5, 5.41) is 3.99. The third kappa shape index (κ3) is 6.27. The maximum atomic E-state index is 11.9. The van der Waals surface area contributed by atoms with Crippen LogP contribution in [0, 0.1) is 0 Å². The summed E-state index contributed by atoms with van der Waals surface area (Å²) in [7, 11) is 0. The van der Waals surface area contributed by atoms with E-state index in [4.69, 9.17) is 27.9 Å².